The summed E-state index contributed by atoms with van der Waals surface area (Å²) >= 11 is 0. The van der Waals surface area contributed by atoms with Crippen molar-refractivity contribution in [1.82, 2.24) is 0 Å². The molecule has 0 spiro atoms. The first kappa shape index (κ1) is 27.2. The van der Waals surface area contributed by atoms with Crippen LogP contribution in [0.3, 0.4) is 0 Å². The Kier molecular flexibility index (Phi) is 9.22. The Labute approximate surface area is 145 Å². The average molecular weight is 426 g/mol. The Morgan fingerprint density at radius 2 is 1.31 bits per heavy atom. The maximum atomic E-state index is 13.2. The van der Waals surface area contributed by atoms with Gasteiger partial charge in [-0.3, -0.25) is 4.18 Å². The lowest BCUT2D eigenvalue weighted by Crippen LogP contribution is -2.39. The van der Waals surface area contributed by atoms with E-state index in [0.717, 1.165) is 13.8 Å². The fraction of sp³-hybridized carbons (Fsp3) is 0.833. The number of rotatable bonds is 3. The zero-order valence-corrected chi connectivity index (χ0v) is 15.1. The molecular weight excluding hydrogens is 408 g/mol. The van der Waals surface area contributed by atoms with Gasteiger partial charge in [0.2, 0.25) is 0 Å². The van der Waals surface area contributed by atoms with Crippen molar-refractivity contribution in [3.63, 3.8) is 0 Å². The van der Waals surface area contributed by atoms with Crippen LogP contribution in [0.15, 0.2) is 12.7 Å². The van der Waals surface area contributed by atoms with Gasteiger partial charge in [0, 0.05) is 13.8 Å². The molecule has 1 aliphatic rings. The maximum Gasteiger partial charge on any atom is 0.428 e. The highest BCUT2D eigenvalue weighted by molar-refractivity contribution is 7.87. The third-order valence-corrected chi connectivity index (χ3v) is 3.76. The van der Waals surface area contributed by atoms with Crippen molar-refractivity contribution in [1.29, 1.82) is 0 Å². The summed E-state index contributed by atoms with van der Waals surface area (Å²) in [6.45, 7) is 7.19. The van der Waals surface area contributed by atoms with Gasteiger partial charge in [-0.1, -0.05) is 0 Å². The van der Waals surface area contributed by atoms with Gasteiger partial charge in [-0.05, 0) is 20.4 Å². The molecule has 0 amide bonds. The third kappa shape index (κ3) is 7.72. The van der Waals surface area contributed by atoms with Crippen molar-refractivity contribution in [2.24, 2.45) is 0 Å². The molecule has 1 aliphatic heterocycles. The van der Waals surface area contributed by atoms with Crippen LogP contribution in [0.4, 0.5) is 35.1 Å². The second-order valence-electron chi connectivity index (χ2n) is 5.26. The Morgan fingerprint density at radius 3 is 1.38 bits per heavy atom. The number of ether oxygens (including phenoxy) is 2. The molecule has 2 atom stereocenters. The summed E-state index contributed by atoms with van der Waals surface area (Å²) in [7, 11) is -5.10. The van der Waals surface area contributed by atoms with Crippen molar-refractivity contribution in [3.05, 3.63) is 12.7 Å². The molecule has 0 aliphatic carbocycles. The Morgan fingerprint density at radius 1 is 1.04 bits per heavy atom. The van der Waals surface area contributed by atoms with Crippen LogP contribution in [0.1, 0.15) is 27.7 Å². The van der Waals surface area contributed by atoms with E-state index in [-0.39, 0.29) is 0 Å². The Bertz CT molecular complexity index is 552. The minimum absolute atomic E-state index is 0.381. The predicted molar refractivity (Wildman–Crippen MR) is 73.5 cm³/mol. The zero-order valence-electron chi connectivity index (χ0n) is 14.3. The van der Waals surface area contributed by atoms with Gasteiger partial charge in [-0.2, -0.15) is 26.0 Å². The average Bonchev–Trinajstić information content (AvgIpc) is 2.50. The van der Waals surface area contributed by atoms with E-state index in [0.29, 0.717) is 7.11 Å². The molecule has 0 radical (unpaired) electrons. The fourth-order valence-electron chi connectivity index (χ4n) is 1.35. The van der Waals surface area contributed by atoms with E-state index in [2.05, 4.69) is 20.2 Å². The summed E-state index contributed by atoms with van der Waals surface area (Å²) < 4.78 is 125. The first-order valence-electron chi connectivity index (χ1n) is 6.39. The summed E-state index contributed by atoms with van der Waals surface area (Å²) in [5.74, 6) is -5.92. The summed E-state index contributed by atoms with van der Waals surface area (Å²) in [6, 6.07) is 0. The van der Waals surface area contributed by atoms with E-state index < -0.39 is 45.4 Å². The first-order chi connectivity index (χ1) is 11.2. The molecule has 1 fully saturated rings. The molecule has 158 valence electrons. The first-order valence-corrected chi connectivity index (χ1v) is 7.80. The van der Waals surface area contributed by atoms with Gasteiger partial charge in [0.15, 0.2) is 5.79 Å². The molecule has 0 aromatic heterocycles. The van der Waals surface area contributed by atoms with E-state index in [1.165, 1.54) is 13.8 Å². The topological polar surface area (TPSA) is 61.8 Å². The van der Waals surface area contributed by atoms with E-state index in [4.69, 9.17) is 0 Å². The summed E-state index contributed by atoms with van der Waals surface area (Å²) in [6.07, 6.45) is -6.12. The van der Waals surface area contributed by atoms with Crippen molar-refractivity contribution >= 4 is 10.1 Å². The van der Waals surface area contributed by atoms with Crippen molar-refractivity contribution in [3.8, 4) is 0 Å². The molecule has 0 saturated carbocycles. The van der Waals surface area contributed by atoms with Crippen LogP contribution < -0.4 is 0 Å². The Balaban J connectivity index is 0. The van der Waals surface area contributed by atoms with Crippen LogP contribution in [0.25, 0.3) is 0 Å². The maximum absolute atomic E-state index is 13.2. The molecule has 2 unspecified atom stereocenters. The van der Waals surface area contributed by atoms with Crippen molar-refractivity contribution in [2.45, 2.75) is 56.9 Å². The molecular formula is C12H18F8O5S. The predicted octanol–water partition coefficient (Wildman–Crippen LogP) is 4.36. The third-order valence-electron chi connectivity index (χ3n) is 2.48. The number of halogens is 8. The number of alkyl halides is 6. The van der Waals surface area contributed by atoms with Crippen LogP contribution in [0.5, 0.6) is 0 Å². The molecule has 0 aromatic carbocycles. The molecule has 5 nitrogen and oxygen atoms in total. The highest BCUT2D eigenvalue weighted by Crippen LogP contribution is 2.45. The van der Waals surface area contributed by atoms with Gasteiger partial charge < -0.3 is 9.47 Å². The van der Waals surface area contributed by atoms with Crippen molar-refractivity contribution < 1.29 is 57.2 Å². The molecule has 0 N–H and O–H groups in total. The van der Waals surface area contributed by atoms with E-state index in [1.807, 2.05) is 0 Å². The van der Waals surface area contributed by atoms with Crippen LogP contribution >= 0.6 is 0 Å². The molecule has 26 heavy (non-hydrogen) atoms. The van der Waals surface area contributed by atoms with Gasteiger partial charge in [0.25, 0.3) is 17.8 Å². The lowest BCUT2D eigenvalue weighted by Gasteiger charge is -2.21. The lowest BCUT2D eigenvalue weighted by atomic mass is 10.2. The minimum Gasteiger partial charge on any atom is -0.309 e. The molecule has 0 bridgehead atoms. The summed E-state index contributed by atoms with van der Waals surface area (Å²) in [5.41, 5.74) is 0. The van der Waals surface area contributed by atoms with Crippen LogP contribution in [0.2, 0.25) is 0 Å². The highest BCUT2D eigenvalue weighted by Gasteiger charge is 2.60. The zero-order chi connectivity index (χ0) is 21.8. The van der Waals surface area contributed by atoms with E-state index >= 15 is 0 Å². The van der Waals surface area contributed by atoms with Crippen LogP contribution in [-0.2, 0) is 23.8 Å². The van der Waals surface area contributed by atoms with Crippen LogP contribution in [0, 0.1) is 0 Å². The highest BCUT2D eigenvalue weighted by atomic mass is 32.2. The normalized spacial score (nSPS) is 27.9. The van der Waals surface area contributed by atoms with Gasteiger partial charge in [0.1, 0.15) is 0 Å². The van der Waals surface area contributed by atoms with E-state index in [9.17, 15) is 43.5 Å². The van der Waals surface area contributed by atoms with Crippen LogP contribution in [-0.4, -0.2) is 44.7 Å². The van der Waals surface area contributed by atoms with Gasteiger partial charge in [0.05, 0.1) is 7.11 Å². The molecule has 0 aromatic rings. The summed E-state index contributed by atoms with van der Waals surface area (Å²) in [5, 5.41) is -5.14. The molecule has 14 heteroatoms. The second-order valence-corrected chi connectivity index (χ2v) is 7.05. The molecule has 1 rings (SSSR count). The lowest BCUT2D eigenvalue weighted by molar-refractivity contribution is -0.191. The quantitative estimate of drug-likeness (QED) is 0.496. The standard InChI is InChI=1S/C7H12F2O2.C3H4F4O3S.C2H2F2/c1-5(2)10-6(3,8)7(4,9)11-5;1-10-11(8,9)3(6,7)2(4)5;1-2(3)4/h1-4H3;2H,1H3;1H2. The second kappa shape index (κ2) is 8.80. The van der Waals surface area contributed by atoms with Gasteiger partial charge in [-0.15, -0.1) is 0 Å². The number of hydrogen-bond acceptors (Lipinski definition) is 5. The van der Waals surface area contributed by atoms with Gasteiger partial charge in [-0.25, -0.2) is 17.6 Å². The smallest absolute Gasteiger partial charge is 0.309 e. The summed E-state index contributed by atoms with van der Waals surface area (Å²) in [4.78, 5) is 0. The number of hydrogen-bond donors (Lipinski definition) is 0. The Hall–Kier alpha value is -0.990. The molecule has 1 saturated heterocycles. The van der Waals surface area contributed by atoms with Crippen molar-refractivity contribution in [2.75, 3.05) is 7.11 Å². The van der Waals surface area contributed by atoms with E-state index in [1.54, 1.807) is 0 Å². The fourth-order valence-corrected chi connectivity index (χ4v) is 1.79. The molecule has 1 heterocycles. The SMILES string of the molecule is C=C(F)F.CC1(C)OC(C)(F)C(C)(F)O1.COS(=O)(=O)C(F)(F)C(F)F. The monoisotopic (exact) mass is 426 g/mol. The minimum atomic E-state index is -5.48. The largest absolute Gasteiger partial charge is 0.428 e. The van der Waals surface area contributed by atoms with Gasteiger partial charge >= 0.3 is 21.8 Å².